The van der Waals surface area contributed by atoms with Crippen molar-refractivity contribution >= 4 is 15.9 Å². The van der Waals surface area contributed by atoms with Crippen molar-refractivity contribution in [1.82, 2.24) is 0 Å². The van der Waals surface area contributed by atoms with Gasteiger partial charge in [-0.05, 0) is 35.4 Å². The molecule has 2 atom stereocenters. The summed E-state index contributed by atoms with van der Waals surface area (Å²) in [5, 5.41) is 0. The number of benzene rings is 1. The van der Waals surface area contributed by atoms with Gasteiger partial charge in [0.05, 0.1) is 0 Å². The molecule has 1 aromatic carbocycles. The minimum absolute atomic E-state index is 0.494. The van der Waals surface area contributed by atoms with Gasteiger partial charge in [-0.1, -0.05) is 68.2 Å². The first-order valence-electron chi connectivity index (χ1n) is 6.39. The second kappa shape index (κ2) is 6.44. The first kappa shape index (κ1) is 13.8. The van der Waals surface area contributed by atoms with Crippen LogP contribution in [0.3, 0.4) is 0 Å². The molecule has 1 rings (SSSR count). The third-order valence-electron chi connectivity index (χ3n) is 3.45. The van der Waals surface area contributed by atoms with E-state index in [1.807, 2.05) is 0 Å². The van der Waals surface area contributed by atoms with E-state index < -0.39 is 0 Å². The Morgan fingerprint density at radius 3 is 2.19 bits per heavy atom. The first-order chi connectivity index (χ1) is 7.63. The SMILES string of the molecule is CCc1ccc(C(Br)C(C)CC)cc1CC. The minimum Gasteiger partial charge on any atom is -0.0836 e. The normalized spacial score (nSPS) is 14.8. The second-order valence-corrected chi connectivity index (χ2v) is 5.51. The molecule has 0 radical (unpaired) electrons. The van der Waals surface area contributed by atoms with Crippen molar-refractivity contribution in [2.45, 2.75) is 51.8 Å². The summed E-state index contributed by atoms with van der Waals surface area (Å²) >= 11 is 3.82. The molecular weight excluding hydrogens is 260 g/mol. The smallest absolute Gasteiger partial charge is 0.0420 e. The summed E-state index contributed by atoms with van der Waals surface area (Å²) in [4.78, 5) is 0.494. The summed E-state index contributed by atoms with van der Waals surface area (Å²) in [6, 6.07) is 6.96. The highest BCUT2D eigenvalue weighted by atomic mass is 79.9. The van der Waals surface area contributed by atoms with Gasteiger partial charge in [0.2, 0.25) is 0 Å². The number of halogens is 1. The zero-order valence-electron chi connectivity index (χ0n) is 10.9. The standard InChI is InChI=1S/C15H23Br/c1-5-11(4)15(16)14-9-8-12(6-2)13(7-3)10-14/h8-11,15H,5-7H2,1-4H3. The lowest BCUT2D eigenvalue weighted by molar-refractivity contribution is 0.555. The Bertz CT molecular complexity index is 330. The largest absolute Gasteiger partial charge is 0.0836 e. The van der Waals surface area contributed by atoms with Crippen LogP contribution in [0.25, 0.3) is 0 Å². The van der Waals surface area contributed by atoms with Crippen molar-refractivity contribution in [3.8, 4) is 0 Å². The number of alkyl halides is 1. The summed E-state index contributed by atoms with van der Waals surface area (Å²) < 4.78 is 0. The van der Waals surface area contributed by atoms with Crippen LogP contribution >= 0.6 is 15.9 Å². The molecule has 0 saturated heterocycles. The van der Waals surface area contributed by atoms with Gasteiger partial charge in [-0.25, -0.2) is 0 Å². The third kappa shape index (κ3) is 3.10. The molecule has 0 bridgehead atoms. The number of hydrogen-bond acceptors (Lipinski definition) is 0. The molecule has 0 aliphatic heterocycles. The van der Waals surface area contributed by atoms with Gasteiger partial charge in [-0.2, -0.15) is 0 Å². The molecule has 0 aromatic heterocycles. The molecular formula is C15H23Br. The van der Waals surface area contributed by atoms with Gasteiger partial charge in [-0.15, -0.1) is 0 Å². The third-order valence-corrected chi connectivity index (χ3v) is 4.89. The van der Waals surface area contributed by atoms with Crippen molar-refractivity contribution < 1.29 is 0 Å². The monoisotopic (exact) mass is 282 g/mol. The Morgan fingerprint density at radius 1 is 1.06 bits per heavy atom. The van der Waals surface area contributed by atoms with E-state index in [4.69, 9.17) is 0 Å². The molecule has 0 heterocycles. The zero-order chi connectivity index (χ0) is 12.1. The fraction of sp³-hybridized carbons (Fsp3) is 0.600. The quantitative estimate of drug-likeness (QED) is 0.644. The molecule has 16 heavy (non-hydrogen) atoms. The van der Waals surface area contributed by atoms with Crippen LogP contribution in [0.4, 0.5) is 0 Å². The van der Waals surface area contributed by atoms with E-state index in [1.54, 1.807) is 0 Å². The highest BCUT2D eigenvalue weighted by Gasteiger charge is 2.15. The first-order valence-corrected chi connectivity index (χ1v) is 7.31. The molecule has 0 N–H and O–H groups in total. The molecule has 2 unspecified atom stereocenters. The van der Waals surface area contributed by atoms with Crippen molar-refractivity contribution in [3.63, 3.8) is 0 Å². The Kier molecular flexibility index (Phi) is 5.54. The predicted molar refractivity (Wildman–Crippen MR) is 76.3 cm³/mol. The summed E-state index contributed by atoms with van der Waals surface area (Å²) in [6.07, 6.45) is 3.49. The Morgan fingerprint density at radius 2 is 1.69 bits per heavy atom. The number of hydrogen-bond donors (Lipinski definition) is 0. The zero-order valence-corrected chi connectivity index (χ0v) is 12.5. The summed E-state index contributed by atoms with van der Waals surface area (Å²) in [7, 11) is 0. The van der Waals surface area contributed by atoms with E-state index in [0.717, 1.165) is 12.8 Å². The average molecular weight is 283 g/mol. The van der Waals surface area contributed by atoms with Gasteiger partial charge in [0.25, 0.3) is 0 Å². The van der Waals surface area contributed by atoms with E-state index in [0.29, 0.717) is 10.7 Å². The van der Waals surface area contributed by atoms with Crippen LogP contribution in [0.2, 0.25) is 0 Å². The van der Waals surface area contributed by atoms with Gasteiger partial charge >= 0.3 is 0 Å². The molecule has 0 fully saturated rings. The van der Waals surface area contributed by atoms with Crippen molar-refractivity contribution in [1.29, 1.82) is 0 Å². The Balaban J connectivity index is 2.98. The summed E-state index contributed by atoms with van der Waals surface area (Å²) in [6.45, 7) is 9.03. The number of rotatable bonds is 5. The van der Waals surface area contributed by atoms with E-state index in [9.17, 15) is 0 Å². The van der Waals surface area contributed by atoms with Crippen LogP contribution in [0.5, 0.6) is 0 Å². The summed E-state index contributed by atoms with van der Waals surface area (Å²) in [5.74, 6) is 0.692. The molecule has 1 heteroatoms. The Labute approximate surface area is 109 Å². The molecule has 0 nitrogen and oxygen atoms in total. The maximum absolute atomic E-state index is 3.82. The number of aryl methyl sites for hydroxylation is 2. The van der Waals surface area contributed by atoms with Gasteiger partial charge in [0, 0.05) is 4.83 Å². The van der Waals surface area contributed by atoms with E-state index in [-0.39, 0.29) is 0 Å². The van der Waals surface area contributed by atoms with Crippen LogP contribution in [0.15, 0.2) is 18.2 Å². The lowest BCUT2D eigenvalue weighted by Gasteiger charge is -2.18. The fourth-order valence-corrected chi connectivity index (χ4v) is 2.69. The molecule has 90 valence electrons. The maximum Gasteiger partial charge on any atom is 0.0420 e. The van der Waals surface area contributed by atoms with Crippen molar-refractivity contribution in [2.75, 3.05) is 0 Å². The molecule has 0 saturated carbocycles. The molecule has 0 spiro atoms. The van der Waals surface area contributed by atoms with E-state index >= 15 is 0 Å². The average Bonchev–Trinajstić information content (AvgIpc) is 2.35. The van der Waals surface area contributed by atoms with E-state index in [1.165, 1.54) is 23.1 Å². The highest BCUT2D eigenvalue weighted by Crippen LogP contribution is 2.33. The Hall–Kier alpha value is -0.300. The van der Waals surface area contributed by atoms with Crippen LogP contribution in [0.1, 0.15) is 55.6 Å². The van der Waals surface area contributed by atoms with Crippen LogP contribution in [-0.2, 0) is 12.8 Å². The second-order valence-electron chi connectivity index (χ2n) is 4.52. The molecule has 0 aliphatic carbocycles. The molecule has 0 aliphatic rings. The highest BCUT2D eigenvalue weighted by molar-refractivity contribution is 9.09. The minimum atomic E-state index is 0.494. The maximum atomic E-state index is 3.82. The van der Waals surface area contributed by atoms with E-state index in [2.05, 4.69) is 61.8 Å². The lowest BCUT2D eigenvalue weighted by Crippen LogP contribution is -2.03. The molecule has 0 amide bonds. The van der Waals surface area contributed by atoms with Gasteiger partial charge in [-0.3, -0.25) is 0 Å². The fourth-order valence-electron chi connectivity index (χ4n) is 2.03. The van der Waals surface area contributed by atoms with Crippen LogP contribution in [0, 0.1) is 5.92 Å². The van der Waals surface area contributed by atoms with Crippen LogP contribution < -0.4 is 0 Å². The van der Waals surface area contributed by atoms with Crippen molar-refractivity contribution in [3.05, 3.63) is 34.9 Å². The molecule has 1 aromatic rings. The van der Waals surface area contributed by atoms with Crippen molar-refractivity contribution in [2.24, 2.45) is 5.92 Å². The van der Waals surface area contributed by atoms with Gasteiger partial charge < -0.3 is 0 Å². The summed E-state index contributed by atoms with van der Waals surface area (Å²) in [5.41, 5.74) is 4.44. The lowest BCUT2D eigenvalue weighted by atomic mass is 9.94. The predicted octanol–water partition coefficient (Wildman–Crippen LogP) is 5.29. The van der Waals surface area contributed by atoms with Gasteiger partial charge in [0.15, 0.2) is 0 Å². The van der Waals surface area contributed by atoms with Crippen LogP contribution in [-0.4, -0.2) is 0 Å². The van der Waals surface area contributed by atoms with Gasteiger partial charge in [0.1, 0.15) is 0 Å². The topological polar surface area (TPSA) is 0 Å².